The third kappa shape index (κ3) is 2.62. The SMILES string of the molecule is Ic1ccc(-c2cccc3c2Sc2ccccc2S3)cc1. The molecule has 1 aliphatic heterocycles. The molecule has 0 aromatic heterocycles. The molecule has 0 radical (unpaired) electrons. The minimum Gasteiger partial charge on any atom is -0.0877 e. The molecule has 0 aliphatic carbocycles. The van der Waals surface area contributed by atoms with Crippen LogP contribution in [0.25, 0.3) is 11.1 Å². The van der Waals surface area contributed by atoms with Gasteiger partial charge in [0.1, 0.15) is 0 Å². The van der Waals surface area contributed by atoms with E-state index in [1.165, 1.54) is 34.3 Å². The van der Waals surface area contributed by atoms with Crippen LogP contribution in [-0.2, 0) is 0 Å². The van der Waals surface area contributed by atoms with Gasteiger partial charge in [0.25, 0.3) is 0 Å². The van der Waals surface area contributed by atoms with Gasteiger partial charge in [0, 0.05) is 23.2 Å². The molecule has 3 heteroatoms. The monoisotopic (exact) mass is 418 g/mol. The van der Waals surface area contributed by atoms with Crippen LogP contribution in [0.5, 0.6) is 0 Å². The van der Waals surface area contributed by atoms with E-state index >= 15 is 0 Å². The zero-order valence-corrected chi connectivity index (χ0v) is 14.8. The third-order valence-electron chi connectivity index (χ3n) is 3.42. The second kappa shape index (κ2) is 5.71. The zero-order chi connectivity index (χ0) is 14.2. The van der Waals surface area contributed by atoms with Gasteiger partial charge in [0.15, 0.2) is 0 Å². The van der Waals surface area contributed by atoms with Crippen molar-refractivity contribution in [2.45, 2.75) is 19.6 Å². The predicted molar refractivity (Wildman–Crippen MR) is 99.3 cm³/mol. The number of hydrogen-bond acceptors (Lipinski definition) is 2. The van der Waals surface area contributed by atoms with E-state index in [-0.39, 0.29) is 0 Å². The molecule has 0 N–H and O–H groups in total. The molecule has 1 aliphatic rings. The molecule has 0 nitrogen and oxygen atoms in total. The van der Waals surface area contributed by atoms with Crippen molar-refractivity contribution in [3.05, 3.63) is 70.3 Å². The van der Waals surface area contributed by atoms with E-state index in [2.05, 4.69) is 89.3 Å². The Hall–Kier alpha value is -0.910. The summed E-state index contributed by atoms with van der Waals surface area (Å²) in [6.45, 7) is 0. The molecule has 1 heterocycles. The van der Waals surface area contributed by atoms with Crippen molar-refractivity contribution in [2.75, 3.05) is 0 Å². The first kappa shape index (κ1) is 13.7. The van der Waals surface area contributed by atoms with Crippen molar-refractivity contribution < 1.29 is 0 Å². The first-order chi connectivity index (χ1) is 10.3. The molecule has 0 spiro atoms. The van der Waals surface area contributed by atoms with Crippen LogP contribution in [0, 0.1) is 3.57 Å². The molecule has 0 fully saturated rings. The van der Waals surface area contributed by atoms with Crippen LogP contribution in [0.2, 0.25) is 0 Å². The van der Waals surface area contributed by atoms with Crippen molar-refractivity contribution in [3.63, 3.8) is 0 Å². The van der Waals surface area contributed by atoms with Crippen LogP contribution >= 0.6 is 46.1 Å². The quantitative estimate of drug-likeness (QED) is 0.321. The average Bonchev–Trinajstić information content (AvgIpc) is 2.53. The van der Waals surface area contributed by atoms with Gasteiger partial charge < -0.3 is 0 Å². The molecule has 4 rings (SSSR count). The van der Waals surface area contributed by atoms with Gasteiger partial charge in [0.05, 0.1) is 0 Å². The van der Waals surface area contributed by atoms with Crippen LogP contribution < -0.4 is 0 Å². The summed E-state index contributed by atoms with van der Waals surface area (Å²) in [5.74, 6) is 0. The van der Waals surface area contributed by atoms with E-state index in [4.69, 9.17) is 0 Å². The van der Waals surface area contributed by atoms with Gasteiger partial charge in [0.2, 0.25) is 0 Å². The minimum absolute atomic E-state index is 1.27. The van der Waals surface area contributed by atoms with E-state index in [1.54, 1.807) is 0 Å². The van der Waals surface area contributed by atoms with Crippen LogP contribution in [0.15, 0.2) is 86.3 Å². The molecule has 0 saturated heterocycles. The van der Waals surface area contributed by atoms with Crippen molar-refractivity contribution in [1.29, 1.82) is 0 Å². The summed E-state index contributed by atoms with van der Waals surface area (Å²) >= 11 is 6.11. The number of rotatable bonds is 1. The topological polar surface area (TPSA) is 0 Å². The van der Waals surface area contributed by atoms with Gasteiger partial charge in [-0.3, -0.25) is 0 Å². The third-order valence-corrected chi connectivity index (χ3v) is 6.75. The Morgan fingerprint density at radius 2 is 1.29 bits per heavy atom. The van der Waals surface area contributed by atoms with E-state index in [0.717, 1.165) is 0 Å². The number of halogens is 1. The van der Waals surface area contributed by atoms with Crippen molar-refractivity contribution in [3.8, 4) is 11.1 Å². The van der Waals surface area contributed by atoms with Crippen molar-refractivity contribution in [2.24, 2.45) is 0 Å². The van der Waals surface area contributed by atoms with Crippen LogP contribution in [0.1, 0.15) is 0 Å². The van der Waals surface area contributed by atoms with Gasteiger partial charge in [-0.25, -0.2) is 0 Å². The molecule has 0 saturated carbocycles. The minimum atomic E-state index is 1.27. The zero-order valence-electron chi connectivity index (χ0n) is 11.0. The fourth-order valence-corrected chi connectivity index (χ4v) is 5.17. The lowest BCUT2D eigenvalue weighted by Gasteiger charge is -2.21. The van der Waals surface area contributed by atoms with E-state index in [0.29, 0.717) is 0 Å². The van der Waals surface area contributed by atoms with Crippen LogP contribution in [0.3, 0.4) is 0 Å². The smallest absolute Gasteiger partial charge is 0.0340 e. The fraction of sp³-hybridized carbons (Fsp3) is 0. The Morgan fingerprint density at radius 1 is 0.619 bits per heavy atom. The summed E-state index contributed by atoms with van der Waals surface area (Å²) in [6.07, 6.45) is 0. The molecule has 0 bridgehead atoms. The predicted octanol–water partition coefficient (Wildman–Crippen LogP) is 6.57. The van der Waals surface area contributed by atoms with Gasteiger partial charge in [-0.05, 0) is 64.0 Å². The Labute approximate surface area is 146 Å². The maximum Gasteiger partial charge on any atom is 0.0340 e. The highest BCUT2D eigenvalue weighted by molar-refractivity contribution is 14.1. The van der Waals surface area contributed by atoms with Gasteiger partial charge in [-0.15, -0.1) is 0 Å². The standard InChI is InChI=1S/C18H11IS2/c19-13-10-8-12(9-11-13)14-4-3-7-17-18(14)21-16-6-2-1-5-15(16)20-17/h1-11H. The largest absolute Gasteiger partial charge is 0.0877 e. The van der Waals surface area contributed by atoms with Gasteiger partial charge >= 0.3 is 0 Å². The highest BCUT2D eigenvalue weighted by atomic mass is 127. The summed E-state index contributed by atoms with van der Waals surface area (Å²) in [5, 5.41) is 0. The lowest BCUT2D eigenvalue weighted by molar-refractivity contribution is 1.16. The van der Waals surface area contributed by atoms with Crippen molar-refractivity contribution >= 4 is 46.1 Å². The van der Waals surface area contributed by atoms with Crippen molar-refractivity contribution in [1.82, 2.24) is 0 Å². The number of hydrogen-bond donors (Lipinski definition) is 0. The Bertz CT molecular complexity index is 810. The fourth-order valence-electron chi connectivity index (χ4n) is 2.41. The first-order valence-corrected chi connectivity index (χ1v) is 9.36. The molecule has 102 valence electrons. The molecule has 21 heavy (non-hydrogen) atoms. The molecule has 0 unspecified atom stereocenters. The molecular weight excluding hydrogens is 407 g/mol. The summed E-state index contributed by atoms with van der Waals surface area (Å²) in [7, 11) is 0. The van der Waals surface area contributed by atoms with E-state index < -0.39 is 0 Å². The second-order valence-electron chi connectivity index (χ2n) is 4.79. The van der Waals surface area contributed by atoms with Gasteiger partial charge in [-0.2, -0.15) is 0 Å². The second-order valence-corrected chi connectivity index (χ2v) is 8.17. The van der Waals surface area contributed by atoms with E-state index in [1.807, 2.05) is 23.5 Å². The summed E-state index contributed by atoms with van der Waals surface area (Å²) in [5.41, 5.74) is 2.62. The summed E-state index contributed by atoms with van der Waals surface area (Å²) in [6, 6.07) is 24.0. The maximum atomic E-state index is 2.35. The first-order valence-electron chi connectivity index (χ1n) is 6.65. The molecule has 3 aromatic rings. The van der Waals surface area contributed by atoms with E-state index in [9.17, 15) is 0 Å². The lowest BCUT2D eigenvalue weighted by atomic mass is 10.1. The summed E-state index contributed by atoms with van der Waals surface area (Å²) in [4.78, 5) is 5.44. The maximum absolute atomic E-state index is 2.35. The highest BCUT2D eigenvalue weighted by Gasteiger charge is 2.19. The molecule has 3 aromatic carbocycles. The highest BCUT2D eigenvalue weighted by Crippen LogP contribution is 2.51. The average molecular weight is 418 g/mol. The molecule has 0 amide bonds. The Morgan fingerprint density at radius 3 is 2.05 bits per heavy atom. The van der Waals surface area contributed by atoms with Crippen LogP contribution in [-0.4, -0.2) is 0 Å². The Kier molecular flexibility index (Phi) is 3.73. The molecule has 0 atom stereocenters. The molecular formula is C18H11IS2. The van der Waals surface area contributed by atoms with Crippen LogP contribution in [0.4, 0.5) is 0 Å². The van der Waals surface area contributed by atoms with Gasteiger partial charge in [-0.1, -0.05) is 59.9 Å². The number of benzene rings is 3. The lowest BCUT2D eigenvalue weighted by Crippen LogP contribution is -1.92. The Balaban J connectivity index is 1.84. The summed E-state index contributed by atoms with van der Waals surface area (Å²) < 4.78 is 1.27. The number of fused-ring (bicyclic) bond motifs is 2. The normalized spacial score (nSPS) is 12.6.